The van der Waals surface area contributed by atoms with E-state index in [1.807, 2.05) is 18.2 Å². The smallest absolute Gasteiger partial charge is 0.316 e. The van der Waals surface area contributed by atoms with Gasteiger partial charge in [-0.1, -0.05) is 23.9 Å². The minimum Gasteiger partial charge on any atom is -0.316 e. The lowest BCUT2D eigenvalue weighted by molar-refractivity contribution is 0.566. The van der Waals surface area contributed by atoms with Crippen LogP contribution in [-0.4, -0.2) is 24.7 Å². The summed E-state index contributed by atoms with van der Waals surface area (Å²) in [7, 11) is 0. The summed E-state index contributed by atoms with van der Waals surface area (Å²) in [5, 5.41) is 7.21. The first-order chi connectivity index (χ1) is 9.65. The van der Waals surface area contributed by atoms with Crippen LogP contribution in [0.2, 0.25) is 0 Å². The van der Waals surface area contributed by atoms with E-state index in [0.29, 0.717) is 17.6 Å². The minimum atomic E-state index is -0.280. The number of thioether (sulfide) groups is 1. The molecule has 0 bridgehead atoms. The van der Waals surface area contributed by atoms with Crippen molar-refractivity contribution in [3.63, 3.8) is 0 Å². The molecule has 0 aliphatic rings. The predicted octanol–water partition coefficient (Wildman–Crippen LogP) is 2.32. The molecule has 2 N–H and O–H groups in total. The highest BCUT2D eigenvalue weighted by Crippen LogP contribution is 2.28. The van der Waals surface area contributed by atoms with Gasteiger partial charge in [0, 0.05) is 6.04 Å². The zero-order chi connectivity index (χ0) is 14.1. The quantitative estimate of drug-likeness (QED) is 0.722. The van der Waals surface area contributed by atoms with Crippen LogP contribution < -0.4 is 5.69 Å². The second kappa shape index (κ2) is 5.16. The number of hydrogen-bond acceptors (Lipinski definition) is 4. The largest absolute Gasteiger partial charge is 0.340 e. The van der Waals surface area contributed by atoms with E-state index >= 15 is 0 Å². The summed E-state index contributed by atoms with van der Waals surface area (Å²) in [6.45, 7) is 4.27. The molecule has 3 rings (SSSR count). The van der Waals surface area contributed by atoms with Gasteiger partial charge >= 0.3 is 5.69 Å². The zero-order valence-corrected chi connectivity index (χ0v) is 12.1. The van der Waals surface area contributed by atoms with Crippen LogP contribution in [0.1, 0.15) is 25.7 Å². The van der Waals surface area contributed by atoms with E-state index in [9.17, 15) is 4.79 Å². The Morgan fingerprint density at radius 1 is 1.35 bits per heavy atom. The lowest BCUT2D eigenvalue weighted by atomic mass is 10.3. The number of H-pyrrole nitrogens is 2. The molecule has 104 valence electrons. The Bertz CT molecular complexity index is 785. The minimum absolute atomic E-state index is 0.280. The van der Waals surface area contributed by atoms with Crippen molar-refractivity contribution in [3.8, 4) is 0 Å². The molecule has 2 heterocycles. The molecule has 7 heteroatoms. The van der Waals surface area contributed by atoms with Crippen LogP contribution >= 0.6 is 11.8 Å². The van der Waals surface area contributed by atoms with Gasteiger partial charge in [0.25, 0.3) is 0 Å². The Morgan fingerprint density at radius 3 is 2.85 bits per heavy atom. The van der Waals surface area contributed by atoms with Crippen molar-refractivity contribution in [1.29, 1.82) is 0 Å². The second-order valence-electron chi connectivity index (χ2n) is 4.76. The molecular weight excluding hydrogens is 274 g/mol. The lowest BCUT2D eigenvalue weighted by Crippen LogP contribution is -2.03. The summed E-state index contributed by atoms with van der Waals surface area (Å²) >= 11 is 1.57. The van der Waals surface area contributed by atoms with E-state index in [4.69, 9.17) is 0 Å². The number of benzene rings is 1. The maximum absolute atomic E-state index is 11.0. The third-order valence-corrected chi connectivity index (χ3v) is 3.93. The summed E-state index contributed by atoms with van der Waals surface area (Å²) in [5.41, 5.74) is 1.83. The summed E-state index contributed by atoms with van der Waals surface area (Å²) in [5.74, 6) is 1.21. The average molecular weight is 289 g/mol. The maximum atomic E-state index is 11.0. The Kier molecular flexibility index (Phi) is 3.35. The second-order valence-corrected chi connectivity index (χ2v) is 5.70. The van der Waals surface area contributed by atoms with Gasteiger partial charge in [0.05, 0.1) is 16.8 Å². The van der Waals surface area contributed by atoms with Crippen LogP contribution in [-0.2, 0) is 5.75 Å². The molecule has 0 amide bonds. The molecule has 2 aromatic heterocycles. The van der Waals surface area contributed by atoms with Gasteiger partial charge in [-0.25, -0.2) is 14.9 Å². The standard InChI is InChI=1S/C13H15N5OS/c1-8(2)18-10-6-4-3-5-9(10)14-13(18)20-7-11-15-12(19)17-16-11/h3-6,8H,7H2,1-2H3,(H2,15,16,17,19). The number of nitrogens with one attached hydrogen (secondary N) is 2. The van der Waals surface area contributed by atoms with Gasteiger partial charge in [-0.05, 0) is 26.0 Å². The third kappa shape index (κ3) is 2.36. The Balaban J connectivity index is 1.94. The molecule has 6 nitrogen and oxygen atoms in total. The van der Waals surface area contributed by atoms with Gasteiger partial charge in [0.2, 0.25) is 0 Å². The van der Waals surface area contributed by atoms with Crippen molar-refractivity contribution in [2.75, 3.05) is 0 Å². The van der Waals surface area contributed by atoms with Crippen LogP contribution in [0.5, 0.6) is 0 Å². The Hall–Kier alpha value is -2.02. The van der Waals surface area contributed by atoms with Crippen molar-refractivity contribution >= 4 is 22.8 Å². The van der Waals surface area contributed by atoms with Crippen LogP contribution in [0, 0.1) is 0 Å². The van der Waals surface area contributed by atoms with Gasteiger partial charge in [-0.2, -0.15) is 5.10 Å². The first kappa shape index (κ1) is 13.0. The molecule has 0 saturated carbocycles. The SMILES string of the molecule is CC(C)n1c(SCc2n[nH]c(=O)[nH]2)nc2ccccc21. The lowest BCUT2D eigenvalue weighted by Gasteiger charge is -2.11. The number of nitrogens with zero attached hydrogens (tertiary/aromatic N) is 3. The average Bonchev–Trinajstić information content (AvgIpc) is 2.99. The fraction of sp³-hybridized carbons (Fsp3) is 0.308. The summed E-state index contributed by atoms with van der Waals surface area (Å²) in [6, 6.07) is 8.41. The number of para-hydroxylation sites is 2. The molecule has 0 atom stereocenters. The molecule has 0 fully saturated rings. The number of imidazole rings is 1. The first-order valence-corrected chi connectivity index (χ1v) is 7.37. The summed E-state index contributed by atoms with van der Waals surface area (Å²) in [4.78, 5) is 18.3. The fourth-order valence-electron chi connectivity index (χ4n) is 2.13. The maximum Gasteiger partial charge on any atom is 0.340 e. The Morgan fingerprint density at radius 2 is 2.15 bits per heavy atom. The monoisotopic (exact) mass is 289 g/mol. The molecule has 0 aliphatic heterocycles. The topological polar surface area (TPSA) is 79.4 Å². The molecule has 20 heavy (non-hydrogen) atoms. The molecule has 0 saturated heterocycles. The number of hydrogen-bond donors (Lipinski definition) is 2. The zero-order valence-electron chi connectivity index (χ0n) is 11.3. The molecule has 1 aromatic carbocycles. The van der Waals surface area contributed by atoms with Crippen LogP contribution in [0.4, 0.5) is 0 Å². The Labute approximate surface area is 119 Å². The highest BCUT2D eigenvalue weighted by molar-refractivity contribution is 7.98. The molecular formula is C13H15N5OS. The highest BCUT2D eigenvalue weighted by Gasteiger charge is 2.13. The molecule has 0 spiro atoms. The van der Waals surface area contributed by atoms with E-state index in [0.717, 1.165) is 16.2 Å². The van der Waals surface area contributed by atoms with Gasteiger partial charge in [0.1, 0.15) is 5.82 Å². The van der Waals surface area contributed by atoms with Crippen LogP contribution in [0.15, 0.2) is 34.2 Å². The van der Waals surface area contributed by atoms with Crippen LogP contribution in [0.3, 0.4) is 0 Å². The van der Waals surface area contributed by atoms with Crippen molar-refractivity contribution < 1.29 is 0 Å². The van der Waals surface area contributed by atoms with E-state index in [2.05, 4.69) is 44.6 Å². The van der Waals surface area contributed by atoms with E-state index in [1.165, 1.54) is 0 Å². The van der Waals surface area contributed by atoms with Gasteiger partial charge in [-0.15, -0.1) is 0 Å². The van der Waals surface area contributed by atoms with Gasteiger partial charge in [0.15, 0.2) is 5.16 Å². The molecule has 0 aliphatic carbocycles. The van der Waals surface area contributed by atoms with E-state index in [-0.39, 0.29) is 5.69 Å². The molecule has 0 unspecified atom stereocenters. The first-order valence-electron chi connectivity index (χ1n) is 6.38. The number of rotatable bonds is 4. The molecule has 0 radical (unpaired) electrons. The normalized spacial score (nSPS) is 11.6. The van der Waals surface area contributed by atoms with Crippen molar-refractivity contribution in [1.82, 2.24) is 24.7 Å². The van der Waals surface area contributed by atoms with Crippen molar-refractivity contribution in [2.45, 2.75) is 30.8 Å². The fourth-order valence-corrected chi connectivity index (χ4v) is 3.14. The van der Waals surface area contributed by atoms with E-state index in [1.54, 1.807) is 11.8 Å². The molecule has 3 aromatic rings. The van der Waals surface area contributed by atoms with Crippen molar-refractivity contribution in [2.24, 2.45) is 0 Å². The van der Waals surface area contributed by atoms with E-state index < -0.39 is 0 Å². The third-order valence-electron chi connectivity index (χ3n) is 2.97. The van der Waals surface area contributed by atoms with Gasteiger partial charge in [-0.3, -0.25) is 4.98 Å². The van der Waals surface area contributed by atoms with Crippen LogP contribution in [0.25, 0.3) is 11.0 Å². The summed E-state index contributed by atoms with van der Waals surface area (Å²) in [6.07, 6.45) is 0. The number of aromatic amines is 2. The number of aromatic nitrogens is 5. The predicted molar refractivity (Wildman–Crippen MR) is 78.9 cm³/mol. The highest BCUT2D eigenvalue weighted by atomic mass is 32.2. The summed E-state index contributed by atoms with van der Waals surface area (Å²) < 4.78 is 2.20. The van der Waals surface area contributed by atoms with Gasteiger partial charge < -0.3 is 4.57 Å². The van der Waals surface area contributed by atoms with Crippen molar-refractivity contribution in [3.05, 3.63) is 40.6 Å². The number of fused-ring (bicyclic) bond motifs is 1.